The minimum atomic E-state index is -2.97. The lowest BCUT2D eigenvalue weighted by molar-refractivity contribution is -0.0512. The summed E-state index contributed by atoms with van der Waals surface area (Å²) in [7, 11) is 0. The van der Waals surface area contributed by atoms with E-state index in [1.807, 2.05) is 0 Å². The first-order chi connectivity index (χ1) is 6.13. The molecule has 72 valence electrons. The first-order valence-electron chi connectivity index (χ1n) is 3.51. The second kappa shape index (κ2) is 4.04. The molecule has 5 heteroatoms. The largest absolute Gasteiger partial charge is 0.504 e. The van der Waals surface area contributed by atoms with Crippen LogP contribution in [0.15, 0.2) is 18.2 Å². The number of phenols is 1. The van der Waals surface area contributed by atoms with Crippen LogP contribution in [0.2, 0.25) is 0 Å². The number of halogens is 2. The number of aromatic hydroxyl groups is 1. The van der Waals surface area contributed by atoms with Crippen molar-refractivity contribution in [1.82, 2.24) is 0 Å². The predicted octanol–water partition coefficient (Wildman–Crippen LogP) is 1.49. The normalized spacial score (nSPS) is 10.5. The fourth-order valence-corrected chi connectivity index (χ4v) is 0.857. The SMILES string of the molecule is OCc1ccc(OC(F)F)c(O)c1. The molecule has 0 spiro atoms. The van der Waals surface area contributed by atoms with Gasteiger partial charge in [-0.05, 0) is 17.7 Å². The van der Waals surface area contributed by atoms with Gasteiger partial charge in [0.2, 0.25) is 0 Å². The van der Waals surface area contributed by atoms with Crippen LogP contribution in [-0.4, -0.2) is 16.8 Å². The van der Waals surface area contributed by atoms with Gasteiger partial charge in [0.25, 0.3) is 0 Å². The van der Waals surface area contributed by atoms with E-state index >= 15 is 0 Å². The van der Waals surface area contributed by atoms with Crippen molar-refractivity contribution in [1.29, 1.82) is 0 Å². The van der Waals surface area contributed by atoms with Crippen LogP contribution in [0.5, 0.6) is 11.5 Å². The molecule has 0 aromatic heterocycles. The van der Waals surface area contributed by atoms with E-state index in [4.69, 9.17) is 10.2 Å². The zero-order chi connectivity index (χ0) is 9.84. The number of hydrogen-bond donors (Lipinski definition) is 2. The van der Waals surface area contributed by atoms with Gasteiger partial charge in [-0.1, -0.05) is 6.07 Å². The van der Waals surface area contributed by atoms with Crippen molar-refractivity contribution in [3.63, 3.8) is 0 Å². The van der Waals surface area contributed by atoms with Gasteiger partial charge in [-0.2, -0.15) is 8.78 Å². The third-order valence-corrected chi connectivity index (χ3v) is 1.42. The summed E-state index contributed by atoms with van der Waals surface area (Å²) >= 11 is 0. The van der Waals surface area contributed by atoms with Crippen molar-refractivity contribution in [3.05, 3.63) is 23.8 Å². The number of aliphatic hydroxyl groups excluding tert-OH is 1. The second-order valence-corrected chi connectivity index (χ2v) is 2.34. The summed E-state index contributed by atoms with van der Waals surface area (Å²) in [5.74, 6) is -0.709. The van der Waals surface area contributed by atoms with Crippen LogP contribution in [0.25, 0.3) is 0 Å². The van der Waals surface area contributed by atoms with E-state index in [1.165, 1.54) is 12.1 Å². The molecule has 0 aliphatic carbocycles. The predicted molar refractivity (Wildman–Crippen MR) is 40.7 cm³/mol. The van der Waals surface area contributed by atoms with Gasteiger partial charge in [-0.15, -0.1) is 0 Å². The van der Waals surface area contributed by atoms with Gasteiger partial charge < -0.3 is 14.9 Å². The number of alkyl halides is 2. The lowest BCUT2D eigenvalue weighted by Crippen LogP contribution is -2.02. The van der Waals surface area contributed by atoms with E-state index in [0.717, 1.165) is 6.07 Å². The molecule has 0 saturated heterocycles. The minimum absolute atomic E-state index is 0.261. The smallest absolute Gasteiger partial charge is 0.387 e. The molecule has 0 amide bonds. The molecular formula is C8H8F2O3. The van der Waals surface area contributed by atoms with Crippen molar-refractivity contribution in [2.24, 2.45) is 0 Å². The van der Waals surface area contributed by atoms with Crippen LogP contribution in [0.3, 0.4) is 0 Å². The van der Waals surface area contributed by atoms with Crippen LogP contribution in [0, 0.1) is 0 Å². The molecule has 1 aromatic carbocycles. The molecule has 1 rings (SSSR count). The summed E-state index contributed by atoms with van der Waals surface area (Å²) in [6.45, 7) is -3.23. The average Bonchev–Trinajstić information content (AvgIpc) is 2.08. The fraction of sp³-hybridized carbons (Fsp3) is 0.250. The Kier molecular flexibility index (Phi) is 3.02. The van der Waals surface area contributed by atoms with Crippen LogP contribution in [0.4, 0.5) is 8.78 Å². The molecule has 0 unspecified atom stereocenters. The topological polar surface area (TPSA) is 49.7 Å². The molecule has 0 radical (unpaired) electrons. The molecule has 0 fully saturated rings. The van der Waals surface area contributed by atoms with Gasteiger partial charge in [0.1, 0.15) is 0 Å². The Labute approximate surface area is 73.2 Å². The van der Waals surface area contributed by atoms with Gasteiger partial charge in [0.05, 0.1) is 6.61 Å². The number of phenolic OH excluding ortho intramolecular Hbond substituents is 1. The van der Waals surface area contributed by atoms with Gasteiger partial charge in [-0.25, -0.2) is 0 Å². The monoisotopic (exact) mass is 190 g/mol. The zero-order valence-electron chi connectivity index (χ0n) is 6.58. The van der Waals surface area contributed by atoms with Crippen molar-refractivity contribution in [2.75, 3.05) is 0 Å². The Bertz CT molecular complexity index is 289. The first kappa shape index (κ1) is 9.73. The maximum Gasteiger partial charge on any atom is 0.387 e. The number of benzene rings is 1. The average molecular weight is 190 g/mol. The highest BCUT2D eigenvalue weighted by Gasteiger charge is 2.08. The Morgan fingerprint density at radius 2 is 2.08 bits per heavy atom. The maximum atomic E-state index is 11.7. The van der Waals surface area contributed by atoms with Crippen molar-refractivity contribution < 1.29 is 23.7 Å². The van der Waals surface area contributed by atoms with Gasteiger partial charge in [0, 0.05) is 0 Å². The number of aliphatic hydroxyl groups is 1. The molecule has 0 aliphatic rings. The van der Waals surface area contributed by atoms with E-state index in [1.54, 1.807) is 0 Å². The third kappa shape index (κ3) is 2.55. The Morgan fingerprint density at radius 1 is 1.38 bits per heavy atom. The molecule has 0 saturated carbocycles. The molecule has 0 heterocycles. The lowest BCUT2D eigenvalue weighted by atomic mass is 10.2. The highest BCUT2D eigenvalue weighted by Crippen LogP contribution is 2.27. The van der Waals surface area contributed by atoms with E-state index in [9.17, 15) is 8.78 Å². The summed E-state index contributed by atoms with van der Waals surface area (Å²) < 4.78 is 27.4. The molecular weight excluding hydrogens is 182 g/mol. The van der Waals surface area contributed by atoms with Crippen LogP contribution >= 0.6 is 0 Å². The molecule has 1 aromatic rings. The van der Waals surface area contributed by atoms with E-state index in [-0.39, 0.29) is 12.4 Å². The quantitative estimate of drug-likeness (QED) is 0.759. The molecule has 0 atom stereocenters. The molecule has 0 aliphatic heterocycles. The van der Waals surface area contributed by atoms with Gasteiger partial charge >= 0.3 is 6.61 Å². The zero-order valence-corrected chi connectivity index (χ0v) is 6.58. The third-order valence-electron chi connectivity index (χ3n) is 1.42. The summed E-state index contributed by atoms with van der Waals surface area (Å²) in [5, 5.41) is 17.7. The van der Waals surface area contributed by atoms with Crippen molar-refractivity contribution in [3.8, 4) is 11.5 Å². The van der Waals surface area contributed by atoms with Crippen LogP contribution < -0.4 is 4.74 Å². The highest BCUT2D eigenvalue weighted by molar-refractivity contribution is 5.41. The Balaban J connectivity index is 2.85. The van der Waals surface area contributed by atoms with E-state index < -0.39 is 12.4 Å². The standard InChI is InChI=1S/C8H8F2O3/c9-8(10)13-7-2-1-5(4-11)3-6(7)12/h1-3,8,11-12H,4H2. The Morgan fingerprint density at radius 3 is 2.54 bits per heavy atom. The Hall–Kier alpha value is -1.36. The van der Waals surface area contributed by atoms with E-state index in [2.05, 4.69) is 4.74 Å². The molecule has 0 bridgehead atoms. The maximum absolute atomic E-state index is 11.7. The molecule has 2 N–H and O–H groups in total. The number of rotatable bonds is 3. The van der Waals surface area contributed by atoms with Crippen LogP contribution in [-0.2, 0) is 6.61 Å². The van der Waals surface area contributed by atoms with Gasteiger partial charge in [-0.3, -0.25) is 0 Å². The van der Waals surface area contributed by atoms with Crippen LogP contribution in [0.1, 0.15) is 5.56 Å². The van der Waals surface area contributed by atoms with Gasteiger partial charge in [0.15, 0.2) is 11.5 Å². The molecule has 3 nitrogen and oxygen atoms in total. The lowest BCUT2D eigenvalue weighted by Gasteiger charge is -2.06. The fourth-order valence-electron chi connectivity index (χ4n) is 0.857. The summed E-state index contributed by atoms with van der Waals surface area (Å²) in [4.78, 5) is 0. The van der Waals surface area contributed by atoms with E-state index in [0.29, 0.717) is 5.56 Å². The number of hydrogen-bond acceptors (Lipinski definition) is 3. The van der Waals surface area contributed by atoms with Crippen molar-refractivity contribution in [2.45, 2.75) is 13.2 Å². The summed E-state index contributed by atoms with van der Waals surface area (Å²) in [5.41, 5.74) is 0.430. The van der Waals surface area contributed by atoms with Crippen molar-refractivity contribution >= 4 is 0 Å². The highest BCUT2D eigenvalue weighted by atomic mass is 19.3. The summed E-state index contributed by atoms with van der Waals surface area (Å²) in [6.07, 6.45) is 0. The molecule has 13 heavy (non-hydrogen) atoms. The number of ether oxygens (including phenoxy) is 1. The second-order valence-electron chi connectivity index (χ2n) is 2.34. The minimum Gasteiger partial charge on any atom is -0.504 e. The first-order valence-corrected chi connectivity index (χ1v) is 3.51. The summed E-state index contributed by atoms with van der Waals surface area (Å²) in [6, 6.07) is 3.72.